The zero-order valence-electron chi connectivity index (χ0n) is 7.53. The summed E-state index contributed by atoms with van der Waals surface area (Å²) in [5.41, 5.74) is 1.14. The maximum atomic E-state index is 10.3. The Morgan fingerprint density at radius 3 is 2.62 bits per heavy atom. The second kappa shape index (κ2) is 4.50. The summed E-state index contributed by atoms with van der Waals surface area (Å²) >= 11 is 0. The smallest absolute Gasteiger partial charge is 0.404 e. The molecule has 1 aromatic rings. The molecule has 0 bridgehead atoms. The number of carboxylic acid groups (broad SMARTS) is 1. The van der Waals surface area contributed by atoms with Gasteiger partial charge in [0.05, 0.1) is 0 Å². The quantitative estimate of drug-likeness (QED) is 0.744. The molecule has 0 aliphatic rings. The van der Waals surface area contributed by atoms with Gasteiger partial charge in [0, 0.05) is 6.04 Å². The molecule has 2 N–H and O–H groups in total. The van der Waals surface area contributed by atoms with Crippen molar-refractivity contribution in [2.24, 2.45) is 0 Å². The van der Waals surface area contributed by atoms with Crippen molar-refractivity contribution in [3.8, 4) is 0 Å². The molecule has 0 aliphatic carbocycles. The third kappa shape index (κ3) is 3.60. The molecule has 0 saturated heterocycles. The lowest BCUT2D eigenvalue weighted by Crippen LogP contribution is -2.32. The lowest BCUT2D eigenvalue weighted by atomic mass is 10.1. The van der Waals surface area contributed by atoms with Crippen molar-refractivity contribution in [2.45, 2.75) is 19.4 Å². The Labute approximate surface area is 77.4 Å². The zero-order valence-corrected chi connectivity index (χ0v) is 7.53. The molecule has 0 radical (unpaired) electrons. The molecule has 0 aromatic heterocycles. The van der Waals surface area contributed by atoms with Crippen molar-refractivity contribution >= 4 is 6.09 Å². The largest absolute Gasteiger partial charge is 0.465 e. The van der Waals surface area contributed by atoms with Gasteiger partial charge in [-0.1, -0.05) is 30.3 Å². The van der Waals surface area contributed by atoms with Gasteiger partial charge in [-0.15, -0.1) is 0 Å². The summed E-state index contributed by atoms with van der Waals surface area (Å²) in [6.45, 7) is 1.85. The Kier molecular flexibility index (Phi) is 3.31. The van der Waals surface area contributed by atoms with Gasteiger partial charge in [-0.25, -0.2) is 4.79 Å². The van der Waals surface area contributed by atoms with Crippen LogP contribution in [0, 0.1) is 0 Å². The Balaban J connectivity index is 2.45. The first-order valence-corrected chi connectivity index (χ1v) is 4.22. The van der Waals surface area contributed by atoms with E-state index in [1.165, 1.54) is 0 Å². The predicted octanol–water partition coefficient (Wildman–Crippen LogP) is 1.89. The molecule has 70 valence electrons. The van der Waals surface area contributed by atoms with Gasteiger partial charge >= 0.3 is 6.09 Å². The van der Waals surface area contributed by atoms with Crippen LogP contribution in [0.3, 0.4) is 0 Å². The summed E-state index contributed by atoms with van der Waals surface area (Å²) in [4.78, 5) is 10.3. The molecule has 1 unspecified atom stereocenters. The zero-order chi connectivity index (χ0) is 9.68. The molecule has 0 spiro atoms. The Hall–Kier alpha value is -1.51. The van der Waals surface area contributed by atoms with E-state index in [0.29, 0.717) is 0 Å². The average molecular weight is 179 g/mol. The molecule has 1 atom stereocenters. The summed E-state index contributed by atoms with van der Waals surface area (Å²) in [6.07, 6.45) is -0.240. The predicted molar refractivity (Wildman–Crippen MR) is 50.8 cm³/mol. The lowest BCUT2D eigenvalue weighted by molar-refractivity contribution is 0.190. The number of rotatable bonds is 3. The summed E-state index contributed by atoms with van der Waals surface area (Å²) in [5.74, 6) is 0. The van der Waals surface area contributed by atoms with E-state index in [4.69, 9.17) is 5.11 Å². The normalized spacial score (nSPS) is 12.1. The Morgan fingerprint density at radius 1 is 1.46 bits per heavy atom. The van der Waals surface area contributed by atoms with Crippen molar-refractivity contribution in [3.05, 3.63) is 35.9 Å². The molecule has 0 heterocycles. The molecule has 1 aromatic carbocycles. The van der Waals surface area contributed by atoms with Gasteiger partial charge in [-0.05, 0) is 18.9 Å². The van der Waals surface area contributed by atoms with Crippen LogP contribution >= 0.6 is 0 Å². The Bertz CT molecular complexity index is 272. The number of nitrogens with one attached hydrogen (secondary N) is 1. The molecule has 0 fully saturated rings. The maximum Gasteiger partial charge on any atom is 0.404 e. The highest BCUT2D eigenvalue weighted by Gasteiger charge is 2.04. The first-order chi connectivity index (χ1) is 6.18. The van der Waals surface area contributed by atoms with Gasteiger partial charge in [-0.2, -0.15) is 0 Å². The van der Waals surface area contributed by atoms with Crippen LogP contribution < -0.4 is 5.32 Å². The van der Waals surface area contributed by atoms with E-state index in [9.17, 15) is 4.79 Å². The topological polar surface area (TPSA) is 49.3 Å². The summed E-state index contributed by atoms with van der Waals surface area (Å²) in [7, 11) is 0. The van der Waals surface area contributed by atoms with E-state index in [1.807, 2.05) is 37.3 Å². The second-order valence-corrected chi connectivity index (χ2v) is 3.04. The van der Waals surface area contributed by atoms with Crippen molar-refractivity contribution in [1.29, 1.82) is 0 Å². The summed E-state index contributed by atoms with van der Waals surface area (Å²) < 4.78 is 0. The van der Waals surface area contributed by atoms with Gasteiger partial charge in [0.15, 0.2) is 0 Å². The van der Waals surface area contributed by atoms with Crippen LogP contribution in [0.5, 0.6) is 0 Å². The molecule has 0 aliphatic heterocycles. The highest BCUT2D eigenvalue weighted by atomic mass is 16.4. The Morgan fingerprint density at radius 2 is 2.08 bits per heavy atom. The molecule has 1 amide bonds. The van der Waals surface area contributed by atoms with Crippen LogP contribution in [-0.4, -0.2) is 17.2 Å². The molecule has 3 heteroatoms. The van der Waals surface area contributed by atoms with Crippen LogP contribution in [-0.2, 0) is 6.42 Å². The van der Waals surface area contributed by atoms with Crippen molar-refractivity contribution in [3.63, 3.8) is 0 Å². The van der Waals surface area contributed by atoms with Gasteiger partial charge in [0.1, 0.15) is 0 Å². The summed E-state index contributed by atoms with van der Waals surface area (Å²) in [5, 5.41) is 10.9. The maximum absolute atomic E-state index is 10.3. The van der Waals surface area contributed by atoms with E-state index in [2.05, 4.69) is 5.32 Å². The fraction of sp³-hybridized carbons (Fsp3) is 0.300. The van der Waals surface area contributed by atoms with Gasteiger partial charge < -0.3 is 10.4 Å². The third-order valence-electron chi connectivity index (χ3n) is 1.75. The number of carbonyl (C=O) groups is 1. The van der Waals surface area contributed by atoms with Crippen LogP contribution in [0.4, 0.5) is 4.79 Å². The number of hydrogen-bond donors (Lipinski definition) is 2. The van der Waals surface area contributed by atoms with Gasteiger partial charge in [-0.3, -0.25) is 0 Å². The molecule has 3 nitrogen and oxygen atoms in total. The second-order valence-electron chi connectivity index (χ2n) is 3.04. The molecule has 13 heavy (non-hydrogen) atoms. The highest BCUT2D eigenvalue weighted by Crippen LogP contribution is 2.02. The van der Waals surface area contributed by atoms with Crippen molar-refractivity contribution in [1.82, 2.24) is 5.32 Å². The van der Waals surface area contributed by atoms with Crippen molar-refractivity contribution in [2.75, 3.05) is 0 Å². The van der Waals surface area contributed by atoms with E-state index in [0.717, 1.165) is 12.0 Å². The molecule has 0 saturated carbocycles. The first-order valence-electron chi connectivity index (χ1n) is 4.22. The van der Waals surface area contributed by atoms with E-state index >= 15 is 0 Å². The minimum Gasteiger partial charge on any atom is -0.465 e. The van der Waals surface area contributed by atoms with Gasteiger partial charge in [0.25, 0.3) is 0 Å². The fourth-order valence-electron chi connectivity index (χ4n) is 1.23. The molecular weight excluding hydrogens is 166 g/mol. The standard InChI is InChI=1S/C10H13NO2/c1-8(11-10(12)13)7-9-5-3-2-4-6-9/h2-6,8,11H,7H2,1H3,(H,12,13). The number of benzene rings is 1. The molecule has 1 rings (SSSR count). The monoisotopic (exact) mass is 179 g/mol. The average Bonchev–Trinajstić information content (AvgIpc) is 2.04. The van der Waals surface area contributed by atoms with Crippen LogP contribution in [0.2, 0.25) is 0 Å². The van der Waals surface area contributed by atoms with Crippen LogP contribution in [0.1, 0.15) is 12.5 Å². The minimum absolute atomic E-state index is 0.0418. The number of amides is 1. The van der Waals surface area contributed by atoms with Crippen LogP contribution in [0.15, 0.2) is 30.3 Å². The summed E-state index contributed by atoms with van der Waals surface area (Å²) in [6, 6.07) is 9.77. The SMILES string of the molecule is CC(Cc1ccccc1)NC(=O)O. The van der Waals surface area contributed by atoms with Crippen molar-refractivity contribution < 1.29 is 9.90 Å². The lowest BCUT2D eigenvalue weighted by Gasteiger charge is -2.10. The van der Waals surface area contributed by atoms with Gasteiger partial charge in [0.2, 0.25) is 0 Å². The minimum atomic E-state index is -0.969. The third-order valence-corrected chi connectivity index (χ3v) is 1.75. The first kappa shape index (κ1) is 9.58. The van der Waals surface area contributed by atoms with E-state index < -0.39 is 6.09 Å². The highest BCUT2D eigenvalue weighted by molar-refractivity contribution is 5.64. The van der Waals surface area contributed by atoms with E-state index in [1.54, 1.807) is 0 Å². The fourth-order valence-corrected chi connectivity index (χ4v) is 1.23. The number of hydrogen-bond acceptors (Lipinski definition) is 1. The molecular formula is C10H13NO2. The van der Waals surface area contributed by atoms with E-state index in [-0.39, 0.29) is 6.04 Å². The van der Waals surface area contributed by atoms with Crippen LogP contribution in [0.25, 0.3) is 0 Å².